The largest absolute Gasteiger partial charge is 0.417 e. The zero-order valence-electron chi connectivity index (χ0n) is 18.9. The molecule has 6 nitrogen and oxygen atoms in total. The van der Waals surface area contributed by atoms with Crippen LogP contribution in [0.3, 0.4) is 0 Å². The van der Waals surface area contributed by atoms with Crippen LogP contribution in [0.4, 0.5) is 23.4 Å². The molecule has 0 spiro atoms. The van der Waals surface area contributed by atoms with Crippen molar-refractivity contribution in [3.05, 3.63) is 71.9 Å². The molecule has 2 aromatic heterocycles. The van der Waals surface area contributed by atoms with Crippen LogP contribution in [0.5, 0.6) is 0 Å². The summed E-state index contributed by atoms with van der Waals surface area (Å²) in [5.41, 5.74) is -0.545. The first-order chi connectivity index (χ1) is 16.8. The Morgan fingerprint density at radius 3 is 2.49 bits per heavy atom. The van der Waals surface area contributed by atoms with Crippen molar-refractivity contribution in [3.8, 4) is 11.4 Å². The minimum absolute atomic E-state index is 0.0641. The molecule has 2 fully saturated rings. The highest BCUT2D eigenvalue weighted by molar-refractivity contribution is 6.00. The Balaban J connectivity index is 1.43. The highest BCUT2D eigenvalue weighted by atomic mass is 19.4. The van der Waals surface area contributed by atoms with Crippen molar-refractivity contribution in [1.29, 1.82) is 0 Å². The molecule has 3 atom stereocenters. The molecule has 1 saturated carbocycles. The molecule has 0 N–H and O–H groups in total. The van der Waals surface area contributed by atoms with Gasteiger partial charge in [-0.2, -0.15) is 13.2 Å². The smallest absolute Gasteiger partial charge is 0.352 e. The maximum absolute atomic E-state index is 14.8. The number of fused-ring (bicyclic) bond motifs is 2. The number of alkyl halides is 3. The van der Waals surface area contributed by atoms with Gasteiger partial charge in [-0.15, -0.1) is 0 Å². The third-order valence-corrected chi connectivity index (χ3v) is 6.85. The highest BCUT2D eigenvalue weighted by Crippen LogP contribution is 2.43. The molecule has 35 heavy (non-hydrogen) atoms. The van der Waals surface area contributed by atoms with Crippen LogP contribution in [-0.2, 0) is 6.18 Å². The third kappa shape index (κ3) is 4.21. The minimum atomic E-state index is -4.46. The van der Waals surface area contributed by atoms with Crippen LogP contribution in [0, 0.1) is 11.7 Å². The number of carbonyl (C=O) groups is 1. The number of likely N-dealkylation sites (tertiary alicyclic amines) is 1. The molecule has 1 aliphatic heterocycles. The molecule has 1 aliphatic carbocycles. The van der Waals surface area contributed by atoms with Gasteiger partial charge in [0.2, 0.25) is 0 Å². The lowest BCUT2D eigenvalue weighted by molar-refractivity contribution is -0.137. The topological polar surface area (TPSA) is 62.2 Å². The molecule has 10 heteroatoms. The Hall–Kier alpha value is -3.56. The molecule has 182 valence electrons. The SMILES string of the molecule is CCN(c1ccc(C(F)(F)F)cn1)C1CC2CC1N(C(=O)c1cccc(F)c1-c1ncccn1)C2. The highest BCUT2D eigenvalue weighted by Gasteiger charge is 2.49. The van der Waals surface area contributed by atoms with Crippen LogP contribution in [0.2, 0.25) is 0 Å². The number of nitrogens with zero attached hydrogens (tertiary/aromatic N) is 5. The van der Waals surface area contributed by atoms with Gasteiger partial charge in [-0.3, -0.25) is 4.79 Å². The lowest BCUT2D eigenvalue weighted by Crippen LogP contribution is -2.52. The van der Waals surface area contributed by atoms with Crippen LogP contribution < -0.4 is 4.90 Å². The second-order valence-electron chi connectivity index (χ2n) is 8.85. The van der Waals surface area contributed by atoms with E-state index >= 15 is 0 Å². The Morgan fingerprint density at radius 1 is 1.09 bits per heavy atom. The van der Waals surface area contributed by atoms with E-state index in [1.807, 2.05) is 11.8 Å². The molecule has 2 bridgehead atoms. The predicted molar refractivity (Wildman–Crippen MR) is 121 cm³/mol. The zero-order chi connectivity index (χ0) is 24.7. The third-order valence-electron chi connectivity index (χ3n) is 6.85. The maximum atomic E-state index is 14.8. The molecule has 3 unspecified atom stereocenters. The summed E-state index contributed by atoms with van der Waals surface area (Å²) in [4.78, 5) is 29.7. The van der Waals surface area contributed by atoms with Gasteiger partial charge in [0.1, 0.15) is 11.6 Å². The summed E-state index contributed by atoms with van der Waals surface area (Å²) in [5, 5.41) is 0. The molecular weight excluding hydrogens is 462 g/mol. The lowest BCUT2D eigenvalue weighted by Gasteiger charge is -2.40. The molecule has 2 aliphatic rings. The Bertz CT molecular complexity index is 1220. The van der Waals surface area contributed by atoms with E-state index in [4.69, 9.17) is 0 Å². The maximum Gasteiger partial charge on any atom is 0.417 e. The van der Waals surface area contributed by atoms with Gasteiger partial charge in [0.25, 0.3) is 5.91 Å². The second-order valence-corrected chi connectivity index (χ2v) is 8.85. The van der Waals surface area contributed by atoms with E-state index in [1.54, 1.807) is 17.0 Å². The van der Waals surface area contributed by atoms with Gasteiger partial charge in [-0.25, -0.2) is 19.3 Å². The summed E-state index contributed by atoms with van der Waals surface area (Å²) < 4.78 is 53.8. The number of aromatic nitrogens is 3. The fourth-order valence-electron chi connectivity index (χ4n) is 5.36. The number of hydrogen-bond donors (Lipinski definition) is 0. The van der Waals surface area contributed by atoms with Crippen LogP contribution in [-0.4, -0.2) is 50.9 Å². The van der Waals surface area contributed by atoms with Gasteiger partial charge in [-0.1, -0.05) is 6.07 Å². The standard InChI is InChI=1S/C25H23F4N5O/c1-2-33(21-8-7-16(13-32-21)25(27,28)29)19-11-15-12-20(19)34(14-15)24(35)17-5-3-6-18(26)22(17)23-30-9-4-10-31-23/h3-10,13,15,19-20H,2,11-12,14H2,1H3. The van der Waals surface area contributed by atoms with Crippen molar-refractivity contribution in [2.24, 2.45) is 5.92 Å². The van der Waals surface area contributed by atoms with Crippen LogP contribution >= 0.6 is 0 Å². The Labute approximate surface area is 199 Å². The fraction of sp³-hybridized carbons (Fsp3) is 0.360. The first-order valence-electron chi connectivity index (χ1n) is 11.4. The van der Waals surface area contributed by atoms with Gasteiger partial charge in [0.15, 0.2) is 5.82 Å². The van der Waals surface area contributed by atoms with E-state index in [9.17, 15) is 22.4 Å². The fourth-order valence-corrected chi connectivity index (χ4v) is 5.36. The molecule has 3 aromatic rings. The van der Waals surface area contributed by atoms with Crippen LogP contribution in [0.15, 0.2) is 55.0 Å². The number of amides is 1. The number of benzene rings is 1. The van der Waals surface area contributed by atoms with Gasteiger partial charge in [0.05, 0.1) is 28.8 Å². The number of carbonyl (C=O) groups excluding carboxylic acids is 1. The van der Waals surface area contributed by atoms with Crippen molar-refractivity contribution < 1.29 is 22.4 Å². The van der Waals surface area contributed by atoms with Gasteiger partial charge in [0, 0.05) is 31.7 Å². The first kappa shape index (κ1) is 23.2. The average Bonchev–Trinajstić information content (AvgIpc) is 3.46. The lowest BCUT2D eigenvalue weighted by atomic mass is 10.00. The van der Waals surface area contributed by atoms with E-state index in [-0.39, 0.29) is 40.9 Å². The summed E-state index contributed by atoms with van der Waals surface area (Å²) in [6.07, 6.45) is 0.958. The molecular formula is C25H23F4N5O. The zero-order valence-corrected chi connectivity index (χ0v) is 18.9. The predicted octanol–water partition coefficient (Wildman–Crippen LogP) is 4.83. The summed E-state index contributed by atoms with van der Waals surface area (Å²) in [6, 6.07) is 8.10. The number of halogens is 4. The summed E-state index contributed by atoms with van der Waals surface area (Å²) in [7, 11) is 0. The van der Waals surface area contributed by atoms with Crippen molar-refractivity contribution in [2.45, 2.75) is 38.0 Å². The van der Waals surface area contributed by atoms with Gasteiger partial charge >= 0.3 is 6.18 Å². The average molecular weight is 485 g/mol. The number of piperidine rings is 1. The van der Waals surface area contributed by atoms with Gasteiger partial charge in [-0.05, 0) is 56.0 Å². The van der Waals surface area contributed by atoms with Crippen LogP contribution in [0.1, 0.15) is 35.7 Å². The van der Waals surface area contributed by atoms with E-state index in [1.165, 1.54) is 30.6 Å². The van der Waals surface area contributed by atoms with Crippen LogP contribution in [0.25, 0.3) is 11.4 Å². The molecule has 5 rings (SSSR count). The minimum Gasteiger partial charge on any atom is -0.352 e. The summed E-state index contributed by atoms with van der Waals surface area (Å²) >= 11 is 0. The quantitative estimate of drug-likeness (QED) is 0.485. The Morgan fingerprint density at radius 2 is 1.86 bits per heavy atom. The summed E-state index contributed by atoms with van der Waals surface area (Å²) in [5.74, 6) is -0.0521. The van der Waals surface area contributed by atoms with E-state index in [2.05, 4.69) is 15.0 Å². The monoisotopic (exact) mass is 485 g/mol. The molecule has 0 radical (unpaired) electrons. The van der Waals surface area contributed by atoms with E-state index in [0.29, 0.717) is 18.9 Å². The van der Waals surface area contributed by atoms with E-state index < -0.39 is 17.6 Å². The number of rotatable bonds is 5. The molecule has 1 amide bonds. The summed E-state index contributed by atoms with van der Waals surface area (Å²) in [6.45, 7) is 2.98. The van der Waals surface area contributed by atoms with Gasteiger partial charge < -0.3 is 9.80 Å². The first-order valence-corrected chi connectivity index (χ1v) is 11.4. The molecule has 1 saturated heterocycles. The van der Waals surface area contributed by atoms with Crippen molar-refractivity contribution in [1.82, 2.24) is 19.9 Å². The van der Waals surface area contributed by atoms with Crippen molar-refractivity contribution >= 4 is 11.7 Å². The normalized spacial score (nSPS) is 21.4. The second kappa shape index (κ2) is 8.90. The number of likely N-dealkylation sites (N-methyl/N-ethyl adjacent to an activating group) is 1. The van der Waals surface area contributed by atoms with Crippen molar-refractivity contribution in [3.63, 3.8) is 0 Å². The number of pyridine rings is 1. The Kier molecular flexibility index (Phi) is 5.90. The number of hydrogen-bond acceptors (Lipinski definition) is 5. The molecule has 1 aromatic carbocycles. The number of anilines is 1. The molecule has 3 heterocycles. The van der Waals surface area contributed by atoms with E-state index in [0.717, 1.165) is 25.1 Å². The van der Waals surface area contributed by atoms with Crippen molar-refractivity contribution in [2.75, 3.05) is 18.0 Å².